The molecule has 2 bridgehead atoms. The molecule has 7 heteroatoms. The van der Waals surface area contributed by atoms with Crippen LogP contribution in [0.3, 0.4) is 0 Å². The Morgan fingerprint density at radius 1 is 1.50 bits per heavy atom. The van der Waals surface area contributed by atoms with Crippen LogP contribution in [-0.2, 0) is 4.84 Å². The Hall–Kier alpha value is -0.790. The van der Waals surface area contributed by atoms with Gasteiger partial charge in [0.2, 0.25) is 0 Å². The van der Waals surface area contributed by atoms with E-state index in [1.54, 1.807) is 0 Å². The maximum absolute atomic E-state index is 10.8. The molecule has 0 aromatic carbocycles. The van der Waals surface area contributed by atoms with E-state index in [0.717, 1.165) is 12.8 Å². The number of carbonyl (C=O) groups is 1. The number of hydrogen-bond donors (Lipinski definition) is 3. The molecule has 4 atom stereocenters. The van der Waals surface area contributed by atoms with Gasteiger partial charge in [-0.15, -0.1) is 11.8 Å². The largest absolute Gasteiger partial charge is 0.433 e. The van der Waals surface area contributed by atoms with Gasteiger partial charge in [0.25, 0.3) is 0 Å². The van der Waals surface area contributed by atoms with Crippen molar-refractivity contribution in [1.29, 1.82) is 0 Å². The third-order valence-corrected chi connectivity index (χ3v) is 4.35. The first-order valence-corrected chi connectivity index (χ1v) is 6.01. The third-order valence-electron chi connectivity index (χ3n) is 2.92. The number of nitrogens with one attached hydrogen (secondary N) is 1. The Morgan fingerprint density at radius 3 is 2.88 bits per heavy atom. The van der Waals surface area contributed by atoms with Crippen molar-refractivity contribution in [3.8, 4) is 0 Å². The first-order valence-electron chi connectivity index (χ1n) is 5.13. The van der Waals surface area contributed by atoms with Crippen molar-refractivity contribution in [3.63, 3.8) is 0 Å². The van der Waals surface area contributed by atoms with Gasteiger partial charge in [-0.2, -0.15) is 0 Å². The first kappa shape index (κ1) is 11.7. The molecular weight excluding hydrogens is 232 g/mol. The Morgan fingerprint density at radius 2 is 2.25 bits per heavy atom. The molecule has 0 aromatic heterocycles. The van der Waals surface area contributed by atoms with Crippen LogP contribution in [0.4, 0.5) is 4.79 Å². The lowest BCUT2D eigenvalue weighted by Gasteiger charge is -2.43. The van der Waals surface area contributed by atoms with Crippen LogP contribution in [0.2, 0.25) is 0 Å². The number of amides is 1. The fraction of sp³-hybridized carbons (Fsp3) is 0.778. The molecule has 1 saturated carbocycles. The summed E-state index contributed by atoms with van der Waals surface area (Å²) in [5.74, 6) is -0.213. The van der Waals surface area contributed by atoms with Crippen molar-refractivity contribution < 1.29 is 19.8 Å². The molecule has 3 aliphatic rings. The van der Waals surface area contributed by atoms with Gasteiger partial charge in [-0.3, -0.25) is 4.84 Å². The molecule has 2 aliphatic heterocycles. The molecule has 4 unspecified atom stereocenters. The van der Waals surface area contributed by atoms with E-state index in [4.69, 9.17) is 0 Å². The standard InChI is InChI=1S/C9H14N2O4S/c1-10-9(14)15-11-8-4-2-3-5(16-8)7(13)6(4)12/h4-7,12-13H,2-3H2,1H3,(H,10,14). The van der Waals surface area contributed by atoms with Crippen molar-refractivity contribution in [1.82, 2.24) is 5.32 Å². The molecular formula is C9H14N2O4S. The van der Waals surface area contributed by atoms with Gasteiger partial charge < -0.3 is 15.5 Å². The van der Waals surface area contributed by atoms with Gasteiger partial charge in [-0.25, -0.2) is 4.79 Å². The van der Waals surface area contributed by atoms with E-state index in [1.807, 2.05) is 0 Å². The fourth-order valence-corrected chi connectivity index (χ4v) is 3.38. The number of rotatable bonds is 1. The van der Waals surface area contributed by atoms with Crippen LogP contribution in [0.5, 0.6) is 0 Å². The highest BCUT2D eigenvalue weighted by Gasteiger charge is 2.46. The molecule has 90 valence electrons. The van der Waals surface area contributed by atoms with Crippen molar-refractivity contribution in [3.05, 3.63) is 0 Å². The number of fused-ring (bicyclic) bond motifs is 3. The highest BCUT2D eigenvalue weighted by atomic mass is 32.2. The summed E-state index contributed by atoms with van der Waals surface area (Å²) < 4.78 is 0. The van der Waals surface area contributed by atoms with E-state index < -0.39 is 18.3 Å². The van der Waals surface area contributed by atoms with E-state index in [2.05, 4.69) is 15.3 Å². The summed E-state index contributed by atoms with van der Waals surface area (Å²) in [7, 11) is 1.45. The first-order chi connectivity index (χ1) is 7.63. The van der Waals surface area contributed by atoms with Crippen molar-refractivity contribution in [2.45, 2.75) is 30.3 Å². The van der Waals surface area contributed by atoms with Crippen LogP contribution in [-0.4, -0.2) is 45.9 Å². The topological polar surface area (TPSA) is 91.2 Å². The fourth-order valence-electron chi connectivity index (χ4n) is 2.01. The maximum Gasteiger partial charge on any atom is 0.433 e. The molecule has 3 rings (SSSR count). The zero-order valence-corrected chi connectivity index (χ0v) is 9.61. The van der Waals surface area contributed by atoms with Gasteiger partial charge in [-0.05, 0) is 12.8 Å². The van der Waals surface area contributed by atoms with Crippen LogP contribution in [0, 0.1) is 5.92 Å². The second kappa shape index (κ2) is 4.60. The normalized spacial score (nSPS) is 39.8. The Labute approximate surface area is 97.0 Å². The van der Waals surface area contributed by atoms with Crippen LogP contribution in [0.25, 0.3) is 0 Å². The summed E-state index contributed by atoms with van der Waals surface area (Å²) in [5, 5.41) is 26.0. The number of oxime groups is 1. The van der Waals surface area contributed by atoms with Gasteiger partial charge in [0.05, 0.1) is 12.2 Å². The van der Waals surface area contributed by atoms with E-state index in [1.165, 1.54) is 18.8 Å². The summed E-state index contributed by atoms with van der Waals surface area (Å²) in [6.45, 7) is 0. The average Bonchev–Trinajstić information content (AvgIpc) is 2.32. The molecule has 0 spiro atoms. The number of thioether (sulfide) groups is 1. The number of hydrogen-bond acceptors (Lipinski definition) is 6. The van der Waals surface area contributed by atoms with Gasteiger partial charge in [0, 0.05) is 18.2 Å². The van der Waals surface area contributed by atoms with E-state index in [0.29, 0.717) is 5.04 Å². The maximum atomic E-state index is 10.8. The molecule has 6 nitrogen and oxygen atoms in total. The van der Waals surface area contributed by atoms with Crippen molar-refractivity contribution >= 4 is 22.9 Å². The van der Waals surface area contributed by atoms with Gasteiger partial charge in [-0.1, -0.05) is 5.16 Å². The second-order valence-electron chi connectivity index (χ2n) is 3.88. The Balaban J connectivity index is 2.05. The van der Waals surface area contributed by atoms with Gasteiger partial charge in [0.1, 0.15) is 5.04 Å². The van der Waals surface area contributed by atoms with E-state index in [-0.39, 0.29) is 11.2 Å². The van der Waals surface area contributed by atoms with Crippen molar-refractivity contribution in [2.24, 2.45) is 11.1 Å². The molecule has 2 saturated heterocycles. The van der Waals surface area contributed by atoms with E-state index >= 15 is 0 Å². The number of nitrogens with zero attached hydrogens (tertiary/aromatic N) is 1. The van der Waals surface area contributed by atoms with Crippen LogP contribution < -0.4 is 5.32 Å². The summed E-state index contributed by atoms with van der Waals surface area (Å²) >= 11 is 1.38. The molecule has 1 aliphatic carbocycles. The molecule has 0 aromatic rings. The lowest BCUT2D eigenvalue weighted by Crippen LogP contribution is -2.52. The SMILES string of the molecule is CNC(=O)ON=C1SC2CCC1C(O)C2O. The van der Waals surface area contributed by atoms with Crippen LogP contribution >= 0.6 is 11.8 Å². The minimum Gasteiger partial charge on any atom is -0.390 e. The average molecular weight is 246 g/mol. The predicted octanol–water partition coefficient (Wildman–Crippen LogP) is -0.0969. The highest BCUT2D eigenvalue weighted by molar-refractivity contribution is 8.14. The summed E-state index contributed by atoms with van der Waals surface area (Å²) in [5.41, 5.74) is 0. The van der Waals surface area contributed by atoms with Gasteiger partial charge >= 0.3 is 6.09 Å². The summed E-state index contributed by atoms with van der Waals surface area (Å²) in [6, 6.07) is 0. The highest BCUT2D eigenvalue weighted by Crippen LogP contribution is 2.43. The molecule has 3 fully saturated rings. The molecule has 16 heavy (non-hydrogen) atoms. The summed E-state index contributed by atoms with van der Waals surface area (Å²) in [6.07, 6.45) is -0.516. The van der Waals surface area contributed by atoms with Crippen LogP contribution in [0.15, 0.2) is 5.16 Å². The smallest absolute Gasteiger partial charge is 0.390 e. The Bertz CT molecular complexity index is 321. The lowest BCUT2D eigenvalue weighted by atomic mass is 9.84. The number of carbonyl (C=O) groups excluding carboxylic acids is 1. The molecule has 1 amide bonds. The molecule has 3 N–H and O–H groups in total. The number of aliphatic hydroxyl groups excluding tert-OH is 2. The summed E-state index contributed by atoms with van der Waals surface area (Å²) in [4.78, 5) is 15.4. The van der Waals surface area contributed by atoms with Crippen LogP contribution in [0.1, 0.15) is 12.8 Å². The lowest BCUT2D eigenvalue weighted by molar-refractivity contribution is -0.0250. The quantitative estimate of drug-likeness (QED) is 0.444. The molecule has 2 heterocycles. The number of aliphatic hydroxyl groups is 2. The van der Waals surface area contributed by atoms with Crippen molar-refractivity contribution in [2.75, 3.05) is 7.05 Å². The third kappa shape index (κ3) is 2.02. The minimum absolute atomic E-state index is 0.0490. The van der Waals surface area contributed by atoms with E-state index in [9.17, 15) is 15.0 Å². The monoisotopic (exact) mass is 246 g/mol. The molecule has 0 radical (unpaired) electrons. The Kier molecular flexibility index (Phi) is 3.36. The zero-order chi connectivity index (χ0) is 11.7. The van der Waals surface area contributed by atoms with Gasteiger partial charge in [0.15, 0.2) is 0 Å². The predicted molar refractivity (Wildman–Crippen MR) is 59.1 cm³/mol. The minimum atomic E-state index is -0.799. The zero-order valence-electron chi connectivity index (χ0n) is 8.79. The second-order valence-corrected chi connectivity index (χ2v) is 5.14.